The summed E-state index contributed by atoms with van der Waals surface area (Å²) in [5.74, 6) is 0. The molecule has 0 spiro atoms. The number of halogens is 2. The lowest BCUT2D eigenvalue weighted by atomic mass is 10.2. The first-order valence-corrected chi connectivity index (χ1v) is 5.84. The van der Waals surface area contributed by atoms with E-state index < -0.39 is 0 Å². The van der Waals surface area contributed by atoms with Crippen molar-refractivity contribution in [1.29, 1.82) is 0 Å². The van der Waals surface area contributed by atoms with Gasteiger partial charge in [0.05, 0.1) is 22.3 Å². The predicted octanol–water partition coefficient (Wildman–Crippen LogP) is 3.41. The van der Waals surface area contributed by atoms with Crippen molar-refractivity contribution in [2.24, 2.45) is 0 Å². The van der Waals surface area contributed by atoms with Gasteiger partial charge in [-0.25, -0.2) is 0 Å². The molecule has 0 saturated heterocycles. The lowest BCUT2D eigenvalue weighted by Gasteiger charge is -2.19. The number of hydrogen-bond acceptors (Lipinski definition) is 3. The molecule has 0 aromatic heterocycles. The standard InChI is InChI=1S/C11H16Cl2N2O/c1-3-8(6-16-2)15-11-9(12)4-7(14)5-10(11)13/h4-5,8,15H,3,6,14H2,1-2H3. The Bertz CT molecular complexity index is 335. The van der Waals surface area contributed by atoms with Crippen LogP contribution in [0.25, 0.3) is 0 Å². The molecule has 0 radical (unpaired) electrons. The molecule has 0 heterocycles. The molecule has 0 amide bonds. The van der Waals surface area contributed by atoms with Gasteiger partial charge in [0.2, 0.25) is 0 Å². The fourth-order valence-corrected chi connectivity index (χ4v) is 2.01. The molecule has 16 heavy (non-hydrogen) atoms. The van der Waals surface area contributed by atoms with Crippen LogP contribution >= 0.6 is 23.2 Å². The number of nitrogens with two attached hydrogens (primary N) is 1. The SMILES string of the molecule is CCC(COC)Nc1c(Cl)cc(N)cc1Cl. The van der Waals surface area contributed by atoms with E-state index in [9.17, 15) is 0 Å². The highest BCUT2D eigenvalue weighted by Crippen LogP contribution is 2.33. The number of rotatable bonds is 5. The van der Waals surface area contributed by atoms with E-state index in [2.05, 4.69) is 12.2 Å². The zero-order valence-corrected chi connectivity index (χ0v) is 10.9. The second-order valence-electron chi connectivity index (χ2n) is 3.56. The van der Waals surface area contributed by atoms with Crippen LogP contribution in [0.15, 0.2) is 12.1 Å². The van der Waals surface area contributed by atoms with E-state index in [4.69, 9.17) is 33.7 Å². The number of methoxy groups -OCH3 is 1. The molecule has 3 nitrogen and oxygen atoms in total. The molecule has 5 heteroatoms. The van der Waals surface area contributed by atoms with Crippen molar-refractivity contribution >= 4 is 34.6 Å². The second kappa shape index (κ2) is 6.18. The Hall–Kier alpha value is -0.640. The summed E-state index contributed by atoms with van der Waals surface area (Å²) in [4.78, 5) is 0. The van der Waals surface area contributed by atoms with E-state index in [1.54, 1.807) is 19.2 Å². The van der Waals surface area contributed by atoms with Gasteiger partial charge in [0.15, 0.2) is 0 Å². The largest absolute Gasteiger partial charge is 0.399 e. The van der Waals surface area contributed by atoms with Crippen LogP contribution in [0.5, 0.6) is 0 Å². The van der Waals surface area contributed by atoms with E-state index in [1.807, 2.05) is 0 Å². The maximum absolute atomic E-state index is 6.07. The lowest BCUT2D eigenvalue weighted by Crippen LogP contribution is -2.24. The van der Waals surface area contributed by atoms with Gasteiger partial charge < -0.3 is 15.8 Å². The summed E-state index contributed by atoms with van der Waals surface area (Å²) in [5, 5.41) is 4.30. The van der Waals surface area contributed by atoms with Crippen LogP contribution in [0.1, 0.15) is 13.3 Å². The van der Waals surface area contributed by atoms with Crippen LogP contribution in [0, 0.1) is 0 Å². The molecule has 0 fully saturated rings. The van der Waals surface area contributed by atoms with Crippen LogP contribution in [0.4, 0.5) is 11.4 Å². The van der Waals surface area contributed by atoms with Crippen molar-refractivity contribution in [2.75, 3.05) is 24.8 Å². The third-order valence-corrected chi connectivity index (χ3v) is 2.87. The molecule has 0 saturated carbocycles. The molecule has 1 atom stereocenters. The van der Waals surface area contributed by atoms with Gasteiger partial charge in [-0.05, 0) is 18.6 Å². The first-order valence-electron chi connectivity index (χ1n) is 5.08. The van der Waals surface area contributed by atoms with Crippen LogP contribution < -0.4 is 11.1 Å². The fraction of sp³-hybridized carbons (Fsp3) is 0.455. The van der Waals surface area contributed by atoms with Gasteiger partial charge in [-0.3, -0.25) is 0 Å². The van der Waals surface area contributed by atoms with Crippen LogP contribution in [0.3, 0.4) is 0 Å². The third-order valence-electron chi connectivity index (χ3n) is 2.27. The van der Waals surface area contributed by atoms with Gasteiger partial charge >= 0.3 is 0 Å². The Morgan fingerprint density at radius 1 is 1.38 bits per heavy atom. The van der Waals surface area contributed by atoms with E-state index in [0.29, 0.717) is 28.0 Å². The highest BCUT2D eigenvalue weighted by Gasteiger charge is 2.12. The maximum Gasteiger partial charge on any atom is 0.0723 e. The molecule has 90 valence electrons. The number of nitrogens with one attached hydrogen (secondary N) is 1. The van der Waals surface area contributed by atoms with E-state index in [0.717, 1.165) is 6.42 Å². The molecule has 1 aromatic carbocycles. The van der Waals surface area contributed by atoms with Gasteiger partial charge in [0, 0.05) is 18.8 Å². The minimum atomic E-state index is 0.184. The first kappa shape index (κ1) is 13.4. The van der Waals surface area contributed by atoms with Gasteiger partial charge in [0.25, 0.3) is 0 Å². The third kappa shape index (κ3) is 3.44. The number of hydrogen-bond donors (Lipinski definition) is 2. The van der Waals surface area contributed by atoms with Crippen LogP contribution in [-0.4, -0.2) is 19.8 Å². The average molecular weight is 263 g/mol. The van der Waals surface area contributed by atoms with Crippen LogP contribution in [0.2, 0.25) is 10.0 Å². The van der Waals surface area contributed by atoms with Crippen LogP contribution in [-0.2, 0) is 4.74 Å². The zero-order chi connectivity index (χ0) is 12.1. The molecular weight excluding hydrogens is 247 g/mol. The summed E-state index contributed by atoms with van der Waals surface area (Å²) in [6.07, 6.45) is 0.922. The average Bonchev–Trinajstić information content (AvgIpc) is 2.21. The number of nitrogen functional groups attached to an aromatic ring is 1. The maximum atomic E-state index is 6.07. The van der Waals surface area contributed by atoms with E-state index in [1.165, 1.54) is 0 Å². The molecule has 3 N–H and O–H groups in total. The molecule has 1 unspecified atom stereocenters. The quantitative estimate of drug-likeness (QED) is 0.800. The van der Waals surface area contributed by atoms with Crippen molar-refractivity contribution < 1.29 is 4.74 Å². The molecule has 1 aromatic rings. The van der Waals surface area contributed by atoms with Gasteiger partial charge in [-0.1, -0.05) is 30.1 Å². The number of benzene rings is 1. The molecule has 0 aliphatic rings. The van der Waals surface area contributed by atoms with Gasteiger partial charge in [-0.2, -0.15) is 0 Å². The van der Waals surface area contributed by atoms with Crippen molar-refractivity contribution in [3.8, 4) is 0 Å². The summed E-state index contributed by atoms with van der Waals surface area (Å²) >= 11 is 12.1. The topological polar surface area (TPSA) is 47.3 Å². The minimum absolute atomic E-state index is 0.184. The molecule has 1 rings (SSSR count). The summed E-state index contributed by atoms with van der Waals surface area (Å²) in [7, 11) is 1.66. The smallest absolute Gasteiger partial charge is 0.0723 e. The normalized spacial score (nSPS) is 12.5. The summed E-state index contributed by atoms with van der Waals surface area (Å²) in [5.41, 5.74) is 6.89. The molecule has 0 aliphatic heterocycles. The Labute approximate surface area is 106 Å². The zero-order valence-electron chi connectivity index (χ0n) is 9.39. The summed E-state index contributed by atoms with van der Waals surface area (Å²) in [6.45, 7) is 2.67. The van der Waals surface area contributed by atoms with E-state index >= 15 is 0 Å². The van der Waals surface area contributed by atoms with Crippen molar-refractivity contribution in [3.63, 3.8) is 0 Å². The van der Waals surface area contributed by atoms with Gasteiger partial charge in [-0.15, -0.1) is 0 Å². The second-order valence-corrected chi connectivity index (χ2v) is 4.38. The van der Waals surface area contributed by atoms with Crippen molar-refractivity contribution in [2.45, 2.75) is 19.4 Å². The highest BCUT2D eigenvalue weighted by atomic mass is 35.5. The Balaban J connectivity index is 2.87. The number of anilines is 2. The lowest BCUT2D eigenvalue weighted by molar-refractivity contribution is 0.184. The number of ether oxygens (including phenoxy) is 1. The van der Waals surface area contributed by atoms with Gasteiger partial charge in [0.1, 0.15) is 0 Å². The summed E-state index contributed by atoms with van der Waals surface area (Å²) < 4.78 is 5.10. The Morgan fingerprint density at radius 2 is 1.94 bits per heavy atom. The fourth-order valence-electron chi connectivity index (χ4n) is 1.40. The van der Waals surface area contributed by atoms with E-state index in [-0.39, 0.29) is 6.04 Å². The predicted molar refractivity (Wildman–Crippen MR) is 70.5 cm³/mol. The summed E-state index contributed by atoms with van der Waals surface area (Å²) in [6, 6.07) is 3.54. The molecule has 0 aliphatic carbocycles. The highest BCUT2D eigenvalue weighted by molar-refractivity contribution is 6.39. The Morgan fingerprint density at radius 3 is 2.38 bits per heavy atom. The van der Waals surface area contributed by atoms with Crippen molar-refractivity contribution in [1.82, 2.24) is 0 Å². The molecule has 0 bridgehead atoms. The first-order chi connectivity index (χ1) is 7.58. The minimum Gasteiger partial charge on any atom is -0.399 e. The Kier molecular flexibility index (Phi) is 5.19. The monoisotopic (exact) mass is 262 g/mol. The van der Waals surface area contributed by atoms with Crippen molar-refractivity contribution in [3.05, 3.63) is 22.2 Å². The molecular formula is C11H16Cl2N2O.